The van der Waals surface area contributed by atoms with E-state index in [0.29, 0.717) is 17.9 Å². The summed E-state index contributed by atoms with van der Waals surface area (Å²) in [5, 5.41) is 3.27. The Hall–Kier alpha value is -2.49. The minimum Gasteiger partial charge on any atom is -0.462 e. The van der Waals surface area contributed by atoms with Crippen molar-refractivity contribution in [3.05, 3.63) is 59.7 Å². The van der Waals surface area contributed by atoms with Crippen LogP contribution in [0.15, 0.2) is 48.5 Å². The van der Waals surface area contributed by atoms with Gasteiger partial charge in [0.2, 0.25) is 0 Å². The zero-order valence-corrected chi connectivity index (χ0v) is 12.1. The maximum atomic E-state index is 11.9. The van der Waals surface area contributed by atoms with Crippen molar-refractivity contribution < 1.29 is 9.53 Å². The molecule has 0 aliphatic rings. The molecule has 21 heavy (non-hydrogen) atoms. The molecular weight excluding hydrogens is 264 g/mol. The van der Waals surface area contributed by atoms with Gasteiger partial charge in [-0.2, -0.15) is 0 Å². The Morgan fingerprint density at radius 3 is 2.67 bits per heavy atom. The molecular formula is C17H20N2O2. The van der Waals surface area contributed by atoms with Crippen LogP contribution in [-0.2, 0) is 11.2 Å². The fourth-order valence-electron chi connectivity index (χ4n) is 2.08. The second-order valence-corrected chi connectivity index (χ2v) is 4.69. The summed E-state index contributed by atoms with van der Waals surface area (Å²) >= 11 is 0. The van der Waals surface area contributed by atoms with E-state index in [0.717, 1.165) is 18.7 Å². The smallest absolute Gasteiger partial charge is 0.340 e. The van der Waals surface area contributed by atoms with E-state index in [-0.39, 0.29) is 5.97 Å². The van der Waals surface area contributed by atoms with Gasteiger partial charge in [0, 0.05) is 17.9 Å². The number of carbonyl (C=O) groups is 1. The highest BCUT2D eigenvalue weighted by Crippen LogP contribution is 2.20. The van der Waals surface area contributed by atoms with Gasteiger partial charge >= 0.3 is 5.97 Å². The van der Waals surface area contributed by atoms with E-state index in [4.69, 9.17) is 10.5 Å². The first-order chi connectivity index (χ1) is 10.2. The van der Waals surface area contributed by atoms with Gasteiger partial charge < -0.3 is 15.8 Å². The molecule has 0 amide bonds. The highest BCUT2D eigenvalue weighted by atomic mass is 16.5. The van der Waals surface area contributed by atoms with E-state index in [2.05, 4.69) is 17.4 Å². The predicted octanol–water partition coefficient (Wildman–Crippen LogP) is 3.10. The van der Waals surface area contributed by atoms with Crippen LogP contribution in [0.2, 0.25) is 0 Å². The maximum absolute atomic E-state index is 11.9. The molecule has 0 heterocycles. The minimum atomic E-state index is -0.355. The summed E-state index contributed by atoms with van der Waals surface area (Å²) in [5.74, 6) is -0.355. The number of benzene rings is 2. The largest absolute Gasteiger partial charge is 0.462 e. The number of ether oxygens (including phenoxy) is 1. The molecule has 0 saturated heterocycles. The number of nitrogens with one attached hydrogen (secondary N) is 1. The van der Waals surface area contributed by atoms with E-state index in [1.165, 1.54) is 5.56 Å². The van der Waals surface area contributed by atoms with Gasteiger partial charge in [-0.15, -0.1) is 0 Å². The number of hydrogen-bond donors (Lipinski definition) is 2. The van der Waals surface area contributed by atoms with Crippen LogP contribution < -0.4 is 11.1 Å². The van der Waals surface area contributed by atoms with Gasteiger partial charge in [-0.3, -0.25) is 0 Å². The summed E-state index contributed by atoms with van der Waals surface area (Å²) in [6.07, 6.45) is 0.882. The molecule has 0 unspecified atom stereocenters. The third kappa shape index (κ3) is 4.24. The number of rotatable bonds is 6. The van der Waals surface area contributed by atoms with Crippen LogP contribution in [0.5, 0.6) is 0 Å². The molecule has 2 rings (SSSR count). The lowest BCUT2D eigenvalue weighted by Gasteiger charge is -2.12. The van der Waals surface area contributed by atoms with Gasteiger partial charge in [0.25, 0.3) is 0 Å². The predicted molar refractivity (Wildman–Crippen MR) is 85.4 cm³/mol. The van der Waals surface area contributed by atoms with E-state index < -0.39 is 0 Å². The molecule has 2 aromatic rings. The number of hydrogen-bond acceptors (Lipinski definition) is 4. The van der Waals surface area contributed by atoms with Gasteiger partial charge in [0.15, 0.2) is 0 Å². The van der Waals surface area contributed by atoms with Crippen LogP contribution >= 0.6 is 0 Å². The Balaban J connectivity index is 2.03. The summed E-state index contributed by atoms with van der Waals surface area (Å²) in [7, 11) is 0. The summed E-state index contributed by atoms with van der Waals surface area (Å²) in [6, 6.07) is 15.4. The zero-order chi connectivity index (χ0) is 15.1. The summed E-state index contributed by atoms with van der Waals surface area (Å²) in [6.45, 7) is 2.87. The second kappa shape index (κ2) is 7.33. The van der Waals surface area contributed by atoms with Gasteiger partial charge in [0.1, 0.15) is 0 Å². The molecule has 0 aliphatic carbocycles. The lowest BCUT2D eigenvalue weighted by Crippen LogP contribution is -2.12. The summed E-state index contributed by atoms with van der Waals surface area (Å²) in [4.78, 5) is 11.9. The molecule has 4 nitrogen and oxygen atoms in total. The fourth-order valence-corrected chi connectivity index (χ4v) is 2.08. The molecule has 0 aromatic heterocycles. The van der Waals surface area contributed by atoms with Crippen LogP contribution in [-0.4, -0.2) is 19.1 Å². The highest BCUT2D eigenvalue weighted by molar-refractivity contribution is 5.96. The number of nitrogens with two attached hydrogens (primary N) is 1. The van der Waals surface area contributed by atoms with E-state index in [1.807, 2.05) is 24.3 Å². The van der Waals surface area contributed by atoms with Gasteiger partial charge in [-0.05, 0) is 37.1 Å². The van der Waals surface area contributed by atoms with Crippen molar-refractivity contribution in [1.82, 2.24) is 0 Å². The Bertz CT molecular complexity index is 597. The Morgan fingerprint density at radius 1 is 1.19 bits per heavy atom. The van der Waals surface area contributed by atoms with Crippen molar-refractivity contribution >= 4 is 17.3 Å². The average molecular weight is 284 g/mol. The Labute approximate surface area is 124 Å². The van der Waals surface area contributed by atoms with Crippen molar-refractivity contribution in [2.75, 3.05) is 24.2 Å². The minimum absolute atomic E-state index is 0.344. The first-order valence-corrected chi connectivity index (χ1v) is 7.05. The number of anilines is 2. The number of esters is 1. The van der Waals surface area contributed by atoms with Crippen LogP contribution in [0, 0.1) is 0 Å². The van der Waals surface area contributed by atoms with E-state index in [1.54, 1.807) is 19.1 Å². The monoisotopic (exact) mass is 284 g/mol. The number of nitrogen functional groups attached to an aromatic ring is 1. The molecule has 0 bridgehead atoms. The van der Waals surface area contributed by atoms with Crippen LogP contribution in [0.3, 0.4) is 0 Å². The maximum Gasteiger partial charge on any atom is 0.340 e. The van der Waals surface area contributed by atoms with Crippen LogP contribution in [0.1, 0.15) is 22.8 Å². The first kappa shape index (κ1) is 14.9. The van der Waals surface area contributed by atoms with Gasteiger partial charge in [-0.25, -0.2) is 4.79 Å². The average Bonchev–Trinajstić information content (AvgIpc) is 2.50. The molecule has 0 fully saturated rings. The summed E-state index contributed by atoms with van der Waals surface area (Å²) < 4.78 is 5.05. The van der Waals surface area contributed by atoms with Gasteiger partial charge in [-0.1, -0.05) is 30.3 Å². The molecule has 4 heteroatoms. The zero-order valence-electron chi connectivity index (χ0n) is 12.1. The summed E-state index contributed by atoms with van der Waals surface area (Å²) in [5.41, 5.74) is 8.77. The standard InChI is InChI=1S/C17H20N2O2/c1-2-21-17(20)15-12-14(18)8-9-16(15)19-11-10-13-6-4-3-5-7-13/h3-9,12,19H,2,10-11,18H2,1H3. The SMILES string of the molecule is CCOC(=O)c1cc(N)ccc1NCCc1ccccc1. The molecule has 110 valence electrons. The molecule has 0 radical (unpaired) electrons. The van der Waals surface area contributed by atoms with Crippen molar-refractivity contribution in [3.8, 4) is 0 Å². The van der Waals surface area contributed by atoms with Crippen LogP contribution in [0.4, 0.5) is 11.4 Å². The fraction of sp³-hybridized carbons (Fsp3) is 0.235. The molecule has 3 N–H and O–H groups in total. The van der Waals surface area contributed by atoms with E-state index >= 15 is 0 Å². The van der Waals surface area contributed by atoms with Crippen LogP contribution in [0.25, 0.3) is 0 Å². The highest BCUT2D eigenvalue weighted by Gasteiger charge is 2.12. The van der Waals surface area contributed by atoms with Crippen molar-refractivity contribution in [2.24, 2.45) is 0 Å². The lowest BCUT2D eigenvalue weighted by molar-refractivity contribution is 0.0527. The normalized spacial score (nSPS) is 10.1. The third-order valence-corrected chi connectivity index (χ3v) is 3.11. The first-order valence-electron chi connectivity index (χ1n) is 7.05. The van der Waals surface area contributed by atoms with Crippen molar-refractivity contribution in [3.63, 3.8) is 0 Å². The second-order valence-electron chi connectivity index (χ2n) is 4.69. The van der Waals surface area contributed by atoms with Gasteiger partial charge in [0.05, 0.1) is 12.2 Å². The molecule has 0 atom stereocenters. The quantitative estimate of drug-likeness (QED) is 0.632. The Morgan fingerprint density at radius 2 is 1.95 bits per heavy atom. The molecule has 0 spiro atoms. The van der Waals surface area contributed by atoms with E-state index in [9.17, 15) is 4.79 Å². The Kier molecular flexibility index (Phi) is 5.21. The lowest BCUT2D eigenvalue weighted by atomic mass is 10.1. The molecule has 0 saturated carbocycles. The molecule has 2 aromatic carbocycles. The van der Waals surface area contributed by atoms with Crippen molar-refractivity contribution in [1.29, 1.82) is 0 Å². The topological polar surface area (TPSA) is 64.3 Å². The third-order valence-electron chi connectivity index (χ3n) is 3.11. The number of carbonyl (C=O) groups excluding carboxylic acids is 1. The van der Waals surface area contributed by atoms with Crippen molar-refractivity contribution in [2.45, 2.75) is 13.3 Å². The molecule has 0 aliphatic heterocycles.